The van der Waals surface area contributed by atoms with Gasteiger partial charge in [0, 0.05) is 42.7 Å². The van der Waals surface area contributed by atoms with Crippen LogP contribution in [-0.4, -0.2) is 42.9 Å². The molecule has 5 heteroatoms. The monoisotopic (exact) mass is 377 g/mol. The standard InChI is InChI=1S/C23H27N3O2/c1-15-13-18(17-7-6-9-21(27)23(17)25-15)16(2)20-14-24-11-12-26(20)19-8-4-5-10-22(19)28-3/h4-10,13,16,20,24,27H,11-12,14H2,1-3H3. The second kappa shape index (κ2) is 7.68. The smallest absolute Gasteiger partial charge is 0.142 e. The molecule has 2 heterocycles. The normalized spacial score (nSPS) is 18.2. The number of fused-ring (bicyclic) bond motifs is 1. The number of benzene rings is 2. The second-order valence-corrected chi connectivity index (χ2v) is 7.45. The molecular weight excluding hydrogens is 350 g/mol. The highest BCUT2D eigenvalue weighted by molar-refractivity contribution is 5.88. The van der Waals surface area contributed by atoms with E-state index in [0.29, 0.717) is 5.52 Å². The van der Waals surface area contributed by atoms with Crippen LogP contribution in [0.2, 0.25) is 0 Å². The number of nitrogens with zero attached hydrogens (tertiary/aromatic N) is 2. The Bertz CT molecular complexity index is 989. The number of aromatic hydroxyl groups is 1. The van der Waals surface area contributed by atoms with E-state index in [-0.39, 0.29) is 17.7 Å². The molecule has 1 fully saturated rings. The van der Waals surface area contributed by atoms with Gasteiger partial charge in [-0.25, -0.2) is 4.98 Å². The Kier molecular flexibility index (Phi) is 5.09. The van der Waals surface area contributed by atoms with E-state index < -0.39 is 0 Å². The third kappa shape index (κ3) is 3.27. The Balaban J connectivity index is 1.79. The molecule has 0 aliphatic carbocycles. The molecule has 3 aromatic rings. The van der Waals surface area contributed by atoms with Gasteiger partial charge in [0.25, 0.3) is 0 Å². The van der Waals surface area contributed by atoms with Crippen molar-refractivity contribution in [2.75, 3.05) is 31.6 Å². The first kappa shape index (κ1) is 18.6. The summed E-state index contributed by atoms with van der Waals surface area (Å²) in [7, 11) is 1.72. The number of anilines is 1. The zero-order chi connectivity index (χ0) is 19.7. The lowest BCUT2D eigenvalue weighted by Crippen LogP contribution is -2.53. The zero-order valence-electron chi connectivity index (χ0n) is 16.6. The summed E-state index contributed by atoms with van der Waals surface area (Å²) in [6, 6.07) is 16.3. The fourth-order valence-electron chi connectivity index (χ4n) is 4.32. The first-order valence-electron chi connectivity index (χ1n) is 9.79. The van der Waals surface area contributed by atoms with Gasteiger partial charge in [-0.2, -0.15) is 0 Å². The predicted molar refractivity (Wildman–Crippen MR) is 114 cm³/mol. The zero-order valence-corrected chi connectivity index (χ0v) is 16.6. The molecule has 28 heavy (non-hydrogen) atoms. The van der Waals surface area contributed by atoms with E-state index in [4.69, 9.17) is 4.74 Å². The van der Waals surface area contributed by atoms with E-state index in [1.165, 1.54) is 5.56 Å². The van der Waals surface area contributed by atoms with E-state index in [1.807, 2.05) is 25.1 Å². The largest absolute Gasteiger partial charge is 0.506 e. The SMILES string of the molecule is COc1ccccc1N1CCNCC1C(C)c1cc(C)nc2c(O)cccc12. The van der Waals surface area contributed by atoms with Crippen molar-refractivity contribution in [3.8, 4) is 11.5 Å². The number of hydrogen-bond donors (Lipinski definition) is 2. The molecule has 146 valence electrons. The molecule has 1 saturated heterocycles. The number of methoxy groups -OCH3 is 1. The summed E-state index contributed by atoms with van der Waals surface area (Å²) in [5.41, 5.74) is 3.94. The summed E-state index contributed by atoms with van der Waals surface area (Å²) in [6.07, 6.45) is 0. The maximum Gasteiger partial charge on any atom is 0.142 e. The topological polar surface area (TPSA) is 57.6 Å². The fourth-order valence-corrected chi connectivity index (χ4v) is 4.32. The number of ether oxygens (including phenoxy) is 1. The van der Waals surface area contributed by atoms with Gasteiger partial charge in [-0.1, -0.05) is 31.2 Å². The summed E-state index contributed by atoms with van der Waals surface area (Å²) >= 11 is 0. The van der Waals surface area contributed by atoms with Gasteiger partial charge in [0.2, 0.25) is 0 Å². The summed E-state index contributed by atoms with van der Waals surface area (Å²) < 4.78 is 5.63. The van der Waals surface area contributed by atoms with Crippen LogP contribution in [0, 0.1) is 6.92 Å². The van der Waals surface area contributed by atoms with Gasteiger partial charge in [0.1, 0.15) is 17.0 Å². The van der Waals surface area contributed by atoms with Crippen LogP contribution in [0.4, 0.5) is 5.69 Å². The number of aryl methyl sites for hydroxylation is 1. The molecule has 1 aromatic heterocycles. The van der Waals surface area contributed by atoms with E-state index in [9.17, 15) is 5.11 Å². The van der Waals surface area contributed by atoms with Crippen molar-refractivity contribution in [1.29, 1.82) is 0 Å². The molecule has 2 N–H and O–H groups in total. The van der Waals surface area contributed by atoms with Gasteiger partial charge < -0.3 is 20.1 Å². The molecule has 0 amide bonds. The lowest BCUT2D eigenvalue weighted by Gasteiger charge is -2.42. The third-order valence-corrected chi connectivity index (χ3v) is 5.72. The molecule has 0 bridgehead atoms. The van der Waals surface area contributed by atoms with Crippen molar-refractivity contribution < 1.29 is 9.84 Å². The predicted octanol–water partition coefficient (Wildman–Crippen LogP) is 3.84. The van der Waals surface area contributed by atoms with E-state index in [2.05, 4.69) is 46.4 Å². The molecular formula is C23H27N3O2. The minimum absolute atomic E-state index is 0.234. The minimum atomic E-state index is 0.234. The summed E-state index contributed by atoms with van der Waals surface area (Å²) in [4.78, 5) is 7.02. The van der Waals surface area contributed by atoms with Crippen molar-refractivity contribution in [3.05, 3.63) is 59.8 Å². The Morgan fingerprint density at radius 2 is 2.04 bits per heavy atom. The van der Waals surface area contributed by atoms with Crippen LogP contribution in [0.25, 0.3) is 10.9 Å². The van der Waals surface area contributed by atoms with Gasteiger partial charge in [0.15, 0.2) is 0 Å². The van der Waals surface area contributed by atoms with E-state index >= 15 is 0 Å². The molecule has 1 aliphatic rings. The van der Waals surface area contributed by atoms with Crippen molar-refractivity contribution in [1.82, 2.24) is 10.3 Å². The highest BCUT2D eigenvalue weighted by atomic mass is 16.5. The van der Waals surface area contributed by atoms with Gasteiger partial charge in [-0.3, -0.25) is 0 Å². The lowest BCUT2D eigenvalue weighted by molar-refractivity contribution is 0.398. The average molecular weight is 377 g/mol. The Hall–Kier alpha value is -2.79. The van der Waals surface area contributed by atoms with Crippen LogP contribution < -0.4 is 15.0 Å². The summed E-state index contributed by atoms with van der Waals surface area (Å²) in [5, 5.41) is 14.9. The fraction of sp³-hybridized carbons (Fsp3) is 0.348. The van der Waals surface area contributed by atoms with Gasteiger partial charge in [-0.05, 0) is 36.8 Å². The summed E-state index contributed by atoms with van der Waals surface area (Å²) in [5.74, 6) is 1.37. The Morgan fingerprint density at radius 1 is 1.21 bits per heavy atom. The third-order valence-electron chi connectivity index (χ3n) is 5.72. The molecule has 5 nitrogen and oxygen atoms in total. The molecule has 0 spiro atoms. The van der Waals surface area contributed by atoms with Crippen LogP contribution in [0.15, 0.2) is 48.5 Å². The molecule has 2 atom stereocenters. The Labute approximate surface area is 166 Å². The molecule has 4 rings (SSSR count). The maximum atomic E-state index is 10.3. The van der Waals surface area contributed by atoms with Crippen LogP contribution in [-0.2, 0) is 0 Å². The van der Waals surface area contributed by atoms with Crippen LogP contribution in [0.5, 0.6) is 11.5 Å². The first-order valence-corrected chi connectivity index (χ1v) is 9.79. The van der Waals surface area contributed by atoms with Gasteiger partial charge in [-0.15, -0.1) is 0 Å². The first-order chi connectivity index (χ1) is 13.6. The molecule has 1 aliphatic heterocycles. The van der Waals surface area contributed by atoms with Crippen LogP contribution in [0.1, 0.15) is 24.1 Å². The number of nitrogens with one attached hydrogen (secondary N) is 1. The van der Waals surface area contributed by atoms with Crippen LogP contribution >= 0.6 is 0 Å². The van der Waals surface area contributed by atoms with Gasteiger partial charge in [0.05, 0.1) is 12.8 Å². The summed E-state index contributed by atoms with van der Waals surface area (Å²) in [6.45, 7) is 7.00. The second-order valence-electron chi connectivity index (χ2n) is 7.45. The highest BCUT2D eigenvalue weighted by Crippen LogP contribution is 2.37. The van der Waals surface area contributed by atoms with Crippen LogP contribution in [0.3, 0.4) is 0 Å². The van der Waals surface area contributed by atoms with Crippen molar-refractivity contribution in [2.24, 2.45) is 0 Å². The highest BCUT2D eigenvalue weighted by Gasteiger charge is 2.31. The van der Waals surface area contributed by atoms with Crippen molar-refractivity contribution in [3.63, 3.8) is 0 Å². The number of para-hydroxylation sites is 3. The molecule has 2 unspecified atom stereocenters. The Morgan fingerprint density at radius 3 is 2.86 bits per heavy atom. The maximum absolute atomic E-state index is 10.3. The molecule has 2 aromatic carbocycles. The number of piperazine rings is 1. The minimum Gasteiger partial charge on any atom is -0.506 e. The van der Waals surface area contributed by atoms with E-state index in [1.54, 1.807) is 13.2 Å². The number of pyridine rings is 1. The average Bonchev–Trinajstić information content (AvgIpc) is 2.73. The number of hydrogen-bond acceptors (Lipinski definition) is 5. The number of aromatic nitrogens is 1. The van der Waals surface area contributed by atoms with Crippen molar-refractivity contribution >= 4 is 16.6 Å². The lowest BCUT2D eigenvalue weighted by atomic mass is 9.88. The molecule has 0 radical (unpaired) electrons. The van der Waals surface area contributed by atoms with Gasteiger partial charge >= 0.3 is 0 Å². The number of rotatable bonds is 4. The van der Waals surface area contributed by atoms with E-state index in [0.717, 1.165) is 42.2 Å². The quantitative estimate of drug-likeness (QED) is 0.723. The number of phenolic OH excluding ortho intramolecular Hbond substituents is 1. The number of phenols is 1. The van der Waals surface area contributed by atoms with Crippen molar-refractivity contribution in [2.45, 2.75) is 25.8 Å². The molecule has 0 saturated carbocycles.